The van der Waals surface area contributed by atoms with E-state index in [1.165, 1.54) is 0 Å². The van der Waals surface area contributed by atoms with Crippen LogP contribution in [-0.2, 0) is 0 Å². The fourth-order valence-corrected chi connectivity index (χ4v) is 2.75. The third-order valence-electron chi connectivity index (χ3n) is 4.04. The number of rotatable bonds is 3. The van der Waals surface area contributed by atoms with Crippen molar-refractivity contribution in [1.29, 1.82) is 0 Å². The van der Waals surface area contributed by atoms with Crippen LogP contribution in [0, 0.1) is 0 Å². The molecule has 0 saturated heterocycles. The highest BCUT2D eigenvalue weighted by Crippen LogP contribution is 2.34. The summed E-state index contributed by atoms with van der Waals surface area (Å²) in [5, 5.41) is 5.69. The lowest BCUT2D eigenvalue weighted by molar-refractivity contribution is 0.171. The van der Waals surface area contributed by atoms with Crippen molar-refractivity contribution in [2.45, 2.75) is 13.0 Å². The lowest BCUT2D eigenvalue weighted by Crippen LogP contribution is -2.31. The molecule has 4 rings (SSSR count). The Hall–Kier alpha value is -3.09. The van der Waals surface area contributed by atoms with Crippen LogP contribution in [0.1, 0.15) is 18.5 Å². The zero-order valence-corrected chi connectivity index (χ0v) is 13.7. The molecular formula is C18H18N2O5. The fraction of sp³-hybridized carbons (Fsp3) is 0.278. The molecule has 0 saturated carbocycles. The summed E-state index contributed by atoms with van der Waals surface area (Å²) < 4.78 is 21.6. The molecule has 0 radical (unpaired) electrons. The first-order valence-electron chi connectivity index (χ1n) is 8.06. The van der Waals surface area contributed by atoms with Gasteiger partial charge in [-0.2, -0.15) is 0 Å². The predicted octanol–water partition coefficient (Wildman–Crippen LogP) is 3.07. The molecule has 7 nitrogen and oxygen atoms in total. The molecule has 130 valence electrons. The van der Waals surface area contributed by atoms with Gasteiger partial charge < -0.3 is 29.6 Å². The first kappa shape index (κ1) is 15.4. The van der Waals surface area contributed by atoms with Crippen LogP contribution in [0.15, 0.2) is 36.4 Å². The van der Waals surface area contributed by atoms with E-state index < -0.39 is 0 Å². The number of nitrogens with one attached hydrogen (secondary N) is 2. The van der Waals surface area contributed by atoms with Crippen molar-refractivity contribution in [3.8, 4) is 23.0 Å². The average Bonchev–Trinajstić information content (AvgIpc) is 3.09. The average molecular weight is 342 g/mol. The van der Waals surface area contributed by atoms with E-state index in [0.717, 1.165) is 11.3 Å². The number of carbonyl (C=O) groups is 1. The number of fused-ring (bicyclic) bond motifs is 2. The molecule has 2 heterocycles. The van der Waals surface area contributed by atoms with E-state index in [1.807, 2.05) is 25.1 Å². The summed E-state index contributed by atoms with van der Waals surface area (Å²) in [7, 11) is 0. The Labute approximate surface area is 144 Å². The molecule has 0 fully saturated rings. The minimum absolute atomic E-state index is 0.190. The molecule has 0 bridgehead atoms. The third-order valence-corrected chi connectivity index (χ3v) is 4.04. The van der Waals surface area contributed by atoms with Crippen LogP contribution in [0.5, 0.6) is 23.0 Å². The van der Waals surface area contributed by atoms with Gasteiger partial charge in [-0.1, -0.05) is 6.07 Å². The highest BCUT2D eigenvalue weighted by atomic mass is 16.7. The van der Waals surface area contributed by atoms with Gasteiger partial charge in [0.15, 0.2) is 23.0 Å². The predicted molar refractivity (Wildman–Crippen MR) is 90.6 cm³/mol. The van der Waals surface area contributed by atoms with Crippen molar-refractivity contribution in [2.24, 2.45) is 0 Å². The molecule has 7 heteroatoms. The lowest BCUT2D eigenvalue weighted by Gasteiger charge is -2.21. The standard InChI is InChI=1S/C18H18N2O5/c1-11(12-2-4-14-16(8-12)23-7-6-22-14)19-18(21)20-13-3-5-15-17(9-13)25-10-24-15/h2-5,8-9,11H,6-7,10H2,1H3,(H2,19,20,21)/t11-/m0/s1. The maximum atomic E-state index is 12.2. The summed E-state index contributed by atoms with van der Waals surface area (Å²) in [4.78, 5) is 12.2. The zero-order valence-electron chi connectivity index (χ0n) is 13.7. The van der Waals surface area contributed by atoms with E-state index in [2.05, 4.69) is 10.6 Å². The molecule has 25 heavy (non-hydrogen) atoms. The minimum Gasteiger partial charge on any atom is -0.486 e. The second kappa shape index (κ2) is 6.43. The van der Waals surface area contributed by atoms with Crippen LogP contribution in [0.4, 0.5) is 10.5 Å². The number of urea groups is 1. The fourth-order valence-electron chi connectivity index (χ4n) is 2.75. The van der Waals surface area contributed by atoms with Gasteiger partial charge in [0, 0.05) is 11.8 Å². The SMILES string of the molecule is C[C@H](NC(=O)Nc1ccc2c(c1)OCO2)c1ccc2c(c1)OCCO2. The normalized spacial score (nSPS) is 15.4. The first-order chi connectivity index (χ1) is 12.2. The molecule has 2 aromatic rings. The number of anilines is 1. The van der Waals surface area contributed by atoms with Gasteiger partial charge in [0.05, 0.1) is 6.04 Å². The molecule has 0 unspecified atom stereocenters. The van der Waals surface area contributed by atoms with Gasteiger partial charge in [0.25, 0.3) is 0 Å². The van der Waals surface area contributed by atoms with Crippen LogP contribution in [0.2, 0.25) is 0 Å². The van der Waals surface area contributed by atoms with Gasteiger partial charge in [0.1, 0.15) is 13.2 Å². The van der Waals surface area contributed by atoms with Gasteiger partial charge >= 0.3 is 6.03 Å². The van der Waals surface area contributed by atoms with E-state index in [-0.39, 0.29) is 18.9 Å². The summed E-state index contributed by atoms with van der Waals surface area (Å²) in [6.45, 7) is 3.19. The largest absolute Gasteiger partial charge is 0.486 e. The van der Waals surface area contributed by atoms with E-state index in [0.29, 0.717) is 36.1 Å². The maximum absolute atomic E-state index is 12.2. The van der Waals surface area contributed by atoms with E-state index >= 15 is 0 Å². The van der Waals surface area contributed by atoms with Crippen molar-refractivity contribution < 1.29 is 23.7 Å². The van der Waals surface area contributed by atoms with Gasteiger partial charge in [-0.3, -0.25) is 0 Å². The highest BCUT2D eigenvalue weighted by Gasteiger charge is 2.17. The molecule has 2 amide bonds. The van der Waals surface area contributed by atoms with Gasteiger partial charge in [-0.05, 0) is 36.8 Å². The Bertz CT molecular complexity index is 808. The van der Waals surface area contributed by atoms with E-state index in [4.69, 9.17) is 18.9 Å². The number of ether oxygens (including phenoxy) is 4. The van der Waals surface area contributed by atoms with Crippen LogP contribution < -0.4 is 29.6 Å². The van der Waals surface area contributed by atoms with Gasteiger partial charge in [-0.25, -0.2) is 4.79 Å². The molecule has 0 aliphatic carbocycles. The zero-order chi connectivity index (χ0) is 17.2. The molecule has 1 atom stereocenters. The van der Waals surface area contributed by atoms with E-state index in [9.17, 15) is 4.79 Å². The van der Waals surface area contributed by atoms with Gasteiger partial charge in [0.2, 0.25) is 6.79 Å². The number of hydrogen-bond acceptors (Lipinski definition) is 5. The Morgan fingerprint density at radius 1 is 0.920 bits per heavy atom. The van der Waals surface area contributed by atoms with Crippen molar-refractivity contribution in [3.05, 3.63) is 42.0 Å². The van der Waals surface area contributed by atoms with Crippen molar-refractivity contribution in [2.75, 3.05) is 25.3 Å². The molecule has 2 aromatic carbocycles. The third kappa shape index (κ3) is 3.26. The molecule has 2 N–H and O–H groups in total. The number of carbonyl (C=O) groups excluding carboxylic acids is 1. The number of benzene rings is 2. The van der Waals surface area contributed by atoms with E-state index in [1.54, 1.807) is 18.2 Å². The van der Waals surface area contributed by atoms with Crippen LogP contribution >= 0.6 is 0 Å². The van der Waals surface area contributed by atoms with Crippen molar-refractivity contribution in [3.63, 3.8) is 0 Å². The van der Waals surface area contributed by atoms with Crippen LogP contribution in [0.25, 0.3) is 0 Å². The van der Waals surface area contributed by atoms with Gasteiger partial charge in [-0.15, -0.1) is 0 Å². The second-order valence-electron chi connectivity index (χ2n) is 5.79. The second-order valence-corrected chi connectivity index (χ2v) is 5.79. The Kier molecular flexibility index (Phi) is 3.97. The summed E-state index contributed by atoms with van der Waals surface area (Å²) in [6.07, 6.45) is 0. The van der Waals surface area contributed by atoms with Crippen molar-refractivity contribution >= 4 is 11.7 Å². The van der Waals surface area contributed by atoms with Crippen molar-refractivity contribution in [1.82, 2.24) is 5.32 Å². The summed E-state index contributed by atoms with van der Waals surface area (Å²) >= 11 is 0. The number of amides is 2. The number of hydrogen-bond donors (Lipinski definition) is 2. The molecule has 2 aliphatic heterocycles. The molecule has 2 aliphatic rings. The monoisotopic (exact) mass is 342 g/mol. The lowest BCUT2D eigenvalue weighted by atomic mass is 10.1. The Morgan fingerprint density at radius 2 is 1.60 bits per heavy atom. The molecule has 0 spiro atoms. The smallest absolute Gasteiger partial charge is 0.319 e. The summed E-state index contributed by atoms with van der Waals surface area (Å²) in [5.41, 5.74) is 1.57. The summed E-state index contributed by atoms with van der Waals surface area (Å²) in [6, 6.07) is 10.4. The maximum Gasteiger partial charge on any atom is 0.319 e. The Morgan fingerprint density at radius 3 is 2.48 bits per heavy atom. The highest BCUT2D eigenvalue weighted by molar-refractivity contribution is 5.90. The van der Waals surface area contributed by atoms with Crippen LogP contribution in [0.3, 0.4) is 0 Å². The molecule has 0 aromatic heterocycles. The molecular weight excluding hydrogens is 324 g/mol. The van der Waals surface area contributed by atoms with Crippen LogP contribution in [-0.4, -0.2) is 26.0 Å². The topological polar surface area (TPSA) is 78.1 Å². The summed E-state index contributed by atoms with van der Waals surface area (Å²) in [5.74, 6) is 2.73. The Balaban J connectivity index is 1.40. The minimum atomic E-state index is -0.304. The quantitative estimate of drug-likeness (QED) is 0.896. The first-order valence-corrected chi connectivity index (χ1v) is 8.06.